The lowest BCUT2D eigenvalue weighted by Gasteiger charge is -2.22. The van der Waals surface area contributed by atoms with Crippen molar-refractivity contribution in [2.24, 2.45) is 18.8 Å². The number of nitrogens with zero attached hydrogens (tertiary/aromatic N) is 2. The van der Waals surface area contributed by atoms with Gasteiger partial charge in [-0.15, -0.1) is 0 Å². The van der Waals surface area contributed by atoms with Gasteiger partial charge in [0.2, 0.25) is 0 Å². The van der Waals surface area contributed by atoms with E-state index in [1.54, 1.807) is 6.20 Å². The fourth-order valence-electron chi connectivity index (χ4n) is 2.29. The Kier molecular flexibility index (Phi) is 3.63. The third kappa shape index (κ3) is 2.15. The van der Waals surface area contributed by atoms with E-state index in [4.69, 9.17) is 10.6 Å². The van der Waals surface area contributed by atoms with Gasteiger partial charge >= 0.3 is 0 Å². The van der Waals surface area contributed by atoms with Crippen LogP contribution in [0.5, 0.6) is 0 Å². The van der Waals surface area contributed by atoms with Gasteiger partial charge in [0.25, 0.3) is 0 Å². The average molecular weight is 289 g/mol. The van der Waals surface area contributed by atoms with Crippen LogP contribution in [0.4, 0.5) is 0 Å². The smallest absolute Gasteiger partial charge is 0.0709 e. The molecule has 0 aromatic carbocycles. The average Bonchev–Trinajstić information content (AvgIpc) is 2.80. The van der Waals surface area contributed by atoms with Crippen LogP contribution < -0.4 is 11.3 Å². The first kappa shape index (κ1) is 12.0. The maximum Gasteiger partial charge on any atom is 0.0709 e. The van der Waals surface area contributed by atoms with Crippen molar-refractivity contribution in [2.75, 3.05) is 6.61 Å². The van der Waals surface area contributed by atoms with Gasteiger partial charge < -0.3 is 4.74 Å². The summed E-state index contributed by atoms with van der Waals surface area (Å²) in [5, 5.41) is 4.21. The molecule has 1 aromatic heterocycles. The SMILES string of the molecule is CC1CC(C(NN)c2c(Br)cnn2C)CO1. The molecule has 5 nitrogen and oxygen atoms in total. The normalized spacial score (nSPS) is 27.2. The highest BCUT2D eigenvalue weighted by atomic mass is 79.9. The van der Waals surface area contributed by atoms with Crippen LogP contribution in [0.2, 0.25) is 0 Å². The lowest BCUT2D eigenvalue weighted by atomic mass is 9.95. The first-order valence-corrected chi connectivity index (χ1v) is 6.18. The number of hydrogen-bond donors (Lipinski definition) is 2. The molecule has 0 amide bonds. The quantitative estimate of drug-likeness (QED) is 0.646. The number of aromatic nitrogens is 2. The Balaban J connectivity index is 2.22. The van der Waals surface area contributed by atoms with Gasteiger partial charge in [-0.1, -0.05) is 0 Å². The highest BCUT2D eigenvalue weighted by molar-refractivity contribution is 9.10. The van der Waals surface area contributed by atoms with Gasteiger partial charge in [-0.05, 0) is 29.3 Å². The van der Waals surface area contributed by atoms with Crippen LogP contribution in [0, 0.1) is 5.92 Å². The Labute approximate surface area is 103 Å². The molecule has 3 N–H and O–H groups in total. The van der Waals surface area contributed by atoms with Gasteiger partial charge in [-0.25, -0.2) is 0 Å². The van der Waals surface area contributed by atoms with Gasteiger partial charge in [0.1, 0.15) is 0 Å². The van der Waals surface area contributed by atoms with Crippen LogP contribution in [-0.2, 0) is 11.8 Å². The molecule has 1 saturated heterocycles. The van der Waals surface area contributed by atoms with E-state index < -0.39 is 0 Å². The number of rotatable bonds is 3. The van der Waals surface area contributed by atoms with Crippen LogP contribution in [-0.4, -0.2) is 22.5 Å². The molecule has 1 aliphatic heterocycles. The number of halogens is 1. The molecule has 90 valence electrons. The molecule has 0 radical (unpaired) electrons. The molecular weight excluding hydrogens is 272 g/mol. The molecule has 0 saturated carbocycles. The summed E-state index contributed by atoms with van der Waals surface area (Å²) in [6.45, 7) is 2.83. The van der Waals surface area contributed by atoms with Crippen molar-refractivity contribution in [3.8, 4) is 0 Å². The minimum atomic E-state index is 0.0758. The molecule has 3 atom stereocenters. The van der Waals surface area contributed by atoms with E-state index >= 15 is 0 Å². The summed E-state index contributed by atoms with van der Waals surface area (Å²) in [6.07, 6.45) is 3.12. The van der Waals surface area contributed by atoms with E-state index in [1.165, 1.54) is 0 Å². The van der Waals surface area contributed by atoms with Crippen LogP contribution in [0.15, 0.2) is 10.7 Å². The highest BCUT2D eigenvalue weighted by Gasteiger charge is 2.32. The van der Waals surface area contributed by atoms with E-state index in [0.717, 1.165) is 23.2 Å². The molecule has 3 unspecified atom stereocenters. The molecule has 2 heterocycles. The van der Waals surface area contributed by atoms with Crippen LogP contribution >= 0.6 is 15.9 Å². The summed E-state index contributed by atoms with van der Waals surface area (Å²) in [4.78, 5) is 0. The van der Waals surface area contributed by atoms with Crippen molar-refractivity contribution in [3.05, 3.63) is 16.4 Å². The van der Waals surface area contributed by atoms with Crippen molar-refractivity contribution < 1.29 is 4.74 Å². The van der Waals surface area contributed by atoms with Crippen molar-refractivity contribution in [3.63, 3.8) is 0 Å². The van der Waals surface area contributed by atoms with E-state index in [1.807, 2.05) is 11.7 Å². The van der Waals surface area contributed by atoms with Crippen molar-refractivity contribution >= 4 is 15.9 Å². The molecule has 6 heteroatoms. The third-order valence-electron chi connectivity index (χ3n) is 3.11. The molecule has 2 rings (SSSR count). The number of hydrogen-bond acceptors (Lipinski definition) is 4. The Morgan fingerprint density at radius 2 is 2.50 bits per heavy atom. The number of nitrogens with one attached hydrogen (secondary N) is 1. The molecule has 0 spiro atoms. The lowest BCUT2D eigenvalue weighted by molar-refractivity contribution is 0.116. The minimum Gasteiger partial charge on any atom is -0.378 e. The second-order valence-corrected chi connectivity index (χ2v) is 5.14. The Hall–Kier alpha value is -0.430. The van der Waals surface area contributed by atoms with Crippen molar-refractivity contribution in [2.45, 2.75) is 25.5 Å². The maximum atomic E-state index is 5.66. The predicted octanol–water partition coefficient (Wildman–Crippen LogP) is 1.11. The molecule has 16 heavy (non-hydrogen) atoms. The van der Waals surface area contributed by atoms with E-state index in [2.05, 4.69) is 33.4 Å². The van der Waals surface area contributed by atoms with Gasteiger partial charge in [0.15, 0.2) is 0 Å². The Morgan fingerprint density at radius 3 is 2.94 bits per heavy atom. The van der Waals surface area contributed by atoms with Crippen LogP contribution in [0.1, 0.15) is 25.1 Å². The third-order valence-corrected chi connectivity index (χ3v) is 3.72. The second kappa shape index (κ2) is 4.83. The summed E-state index contributed by atoms with van der Waals surface area (Å²) in [6, 6.07) is 0.0758. The van der Waals surface area contributed by atoms with Crippen LogP contribution in [0.3, 0.4) is 0 Å². The summed E-state index contributed by atoms with van der Waals surface area (Å²) in [7, 11) is 1.92. The maximum absolute atomic E-state index is 5.66. The first-order valence-electron chi connectivity index (χ1n) is 5.38. The number of nitrogens with two attached hydrogens (primary N) is 1. The Morgan fingerprint density at radius 1 is 1.75 bits per heavy atom. The summed E-state index contributed by atoms with van der Waals surface area (Å²) < 4.78 is 8.41. The molecular formula is C10H17BrN4O. The molecule has 0 bridgehead atoms. The topological polar surface area (TPSA) is 65.1 Å². The largest absolute Gasteiger partial charge is 0.378 e. The second-order valence-electron chi connectivity index (χ2n) is 4.29. The predicted molar refractivity (Wildman–Crippen MR) is 64.5 cm³/mol. The lowest BCUT2D eigenvalue weighted by Crippen LogP contribution is -2.35. The van der Waals surface area contributed by atoms with E-state index in [9.17, 15) is 0 Å². The van der Waals surface area contributed by atoms with Gasteiger partial charge in [-0.3, -0.25) is 16.0 Å². The number of hydrazine groups is 1. The Bertz CT molecular complexity index is 348. The number of ether oxygens (including phenoxy) is 1. The zero-order chi connectivity index (χ0) is 11.7. The van der Waals surface area contributed by atoms with E-state index in [0.29, 0.717) is 12.0 Å². The zero-order valence-corrected chi connectivity index (χ0v) is 11.1. The molecule has 1 fully saturated rings. The first-order chi connectivity index (χ1) is 7.63. The van der Waals surface area contributed by atoms with Gasteiger partial charge in [-0.2, -0.15) is 5.10 Å². The summed E-state index contributed by atoms with van der Waals surface area (Å²) >= 11 is 3.50. The van der Waals surface area contributed by atoms with Gasteiger partial charge in [0, 0.05) is 13.0 Å². The van der Waals surface area contributed by atoms with E-state index in [-0.39, 0.29) is 6.04 Å². The van der Waals surface area contributed by atoms with Gasteiger partial charge in [0.05, 0.1) is 35.1 Å². The van der Waals surface area contributed by atoms with Crippen molar-refractivity contribution in [1.29, 1.82) is 0 Å². The summed E-state index contributed by atoms with van der Waals surface area (Å²) in [5.74, 6) is 6.05. The molecule has 1 aliphatic rings. The fourth-order valence-corrected chi connectivity index (χ4v) is 2.89. The van der Waals surface area contributed by atoms with Crippen molar-refractivity contribution in [1.82, 2.24) is 15.2 Å². The van der Waals surface area contributed by atoms with Crippen LogP contribution in [0.25, 0.3) is 0 Å². The summed E-state index contributed by atoms with van der Waals surface area (Å²) in [5.41, 5.74) is 3.95. The highest BCUT2D eigenvalue weighted by Crippen LogP contribution is 2.34. The minimum absolute atomic E-state index is 0.0758. The molecule has 0 aliphatic carbocycles. The zero-order valence-electron chi connectivity index (χ0n) is 9.48. The monoisotopic (exact) mass is 288 g/mol. The molecule has 1 aromatic rings. The fraction of sp³-hybridized carbons (Fsp3) is 0.700. The standard InChI is InChI=1S/C10H17BrN4O/c1-6-3-7(5-16-6)9(14-12)10-8(11)4-13-15(10)2/h4,6-7,9,14H,3,5,12H2,1-2H3. The number of aryl methyl sites for hydroxylation is 1.